The first kappa shape index (κ1) is 18.9. The van der Waals surface area contributed by atoms with Crippen LogP contribution in [0.3, 0.4) is 0 Å². The van der Waals surface area contributed by atoms with Gasteiger partial charge in [0.25, 0.3) is 0 Å². The van der Waals surface area contributed by atoms with Crippen LogP contribution in [0.15, 0.2) is 53.4 Å². The van der Waals surface area contributed by atoms with Crippen molar-refractivity contribution >= 4 is 27.0 Å². The lowest BCUT2D eigenvalue weighted by atomic mass is 9.87. The monoisotopic (exact) mass is 380 g/mol. The van der Waals surface area contributed by atoms with E-state index in [9.17, 15) is 13.2 Å². The van der Waals surface area contributed by atoms with Gasteiger partial charge in [-0.15, -0.1) is 5.92 Å². The zero-order valence-corrected chi connectivity index (χ0v) is 16.5. The van der Waals surface area contributed by atoms with E-state index in [0.29, 0.717) is 5.57 Å². The number of hydrogen-bond donors (Lipinski definition) is 0. The van der Waals surface area contributed by atoms with Crippen LogP contribution in [0.25, 0.3) is 11.1 Å². The highest BCUT2D eigenvalue weighted by Crippen LogP contribution is 2.43. The van der Waals surface area contributed by atoms with Gasteiger partial charge in [0.15, 0.2) is 9.84 Å². The maximum Gasteiger partial charge on any atom is 0.340 e. The van der Waals surface area contributed by atoms with Crippen LogP contribution in [0.1, 0.15) is 37.5 Å². The van der Waals surface area contributed by atoms with Crippen LogP contribution >= 0.6 is 0 Å². The third-order valence-corrected chi connectivity index (χ3v) is 5.55. The van der Waals surface area contributed by atoms with Crippen molar-refractivity contribution in [3.63, 3.8) is 0 Å². The zero-order chi connectivity index (χ0) is 19.8. The second-order valence-corrected chi connectivity index (χ2v) is 8.91. The highest BCUT2D eigenvalue weighted by molar-refractivity contribution is 7.90. The van der Waals surface area contributed by atoms with Crippen LogP contribution in [-0.2, 0) is 19.4 Å². The van der Waals surface area contributed by atoms with Gasteiger partial charge in [0.2, 0.25) is 0 Å². The van der Waals surface area contributed by atoms with Gasteiger partial charge in [-0.1, -0.05) is 30.2 Å². The third kappa shape index (κ3) is 3.67. The molecule has 3 rings (SSSR count). The molecular formula is C22H20O4S. The lowest BCUT2D eigenvalue weighted by molar-refractivity contribution is -0.141. The van der Waals surface area contributed by atoms with E-state index < -0.39 is 21.4 Å². The van der Waals surface area contributed by atoms with Crippen molar-refractivity contribution in [3.8, 4) is 11.8 Å². The minimum atomic E-state index is -3.29. The Balaban J connectivity index is 2.17. The number of carbonyl (C=O) groups excluding carboxylic acids is 1. The number of cyclic esters (lactones) is 1. The summed E-state index contributed by atoms with van der Waals surface area (Å²) in [5.41, 5.74) is 2.78. The standard InChI is InChI=1S/C22H20O4S/c1-5-6-15-7-9-16(10-8-15)19-20(22(2,3)26-21(19)23)17-11-13-18(14-12-17)27(4,24)25/h7-14H,1-4H3. The fourth-order valence-electron chi connectivity index (χ4n) is 3.22. The summed E-state index contributed by atoms with van der Waals surface area (Å²) in [7, 11) is -3.29. The molecule has 0 saturated heterocycles. The molecule has 0 unspecified atom stereocenters. The quantitative estimate of drug-likeness (QED) is 0.602. The Morgan fingerprint density at radius 1 is 0.926 bits per heavy atom. The van der Waals surface area contributed by atoms with Gasteiger partial charge >= 0.3 is 5.97 Å². The molecule has 0 amide bonds. The number of esters is 1. The van der Waals surface area contributed by atoms with Gasteiger partial charge in [-0.2, -0.15) is 0 Å². The predicted molar refractivity (Wildman–Crippen MR) is 106 cm³/mol. The Morgan fingerprint density at radius 2 is 1.48 bits per heavy atom. The minimum absolute atomic E-state index is 0.235. The van der Waals surface area contributed by atoms with E-state index in [1.165, 1.54) is 6.26 Å². The highest BCUT2D eigenvalue weighted by Gasteiger charge is 2.41. The summed E-state index contributed by atoms with van der Waals surface area (Å²) in [6.07, 6.45) is 1.17. The number of benzene rings is 2. The largest absolute Gasteiger partial charge is 0.451 e. The maximum atomic E-state index is 12.6. The molecule has 0 saturated carbocycles. The third-order valence-electron chi connectivity index (χ3n) is 4.42. The normalized spacial score (nSPS) is 15.9. The first-order valence-electron chi connectivity index (χ1n) is 8.45. The van der Waals surface area contributed by atoms with Crippen LogP contribution in [0.4, 0.5) is 0 Å². The Labute approximate surface area is 159 Å². The summed E-state index contributed by atoms with van der Waals surface area (Å²) >= 11 is 0. The van der Waals surface area contributed by atoms with Gasteiger partial charge in [-0.25, -0.2) is 13.2 Å². The van der Waals surface area contributed by atoms with E-state index in [4.69, 9.17) is 4.74 Å². The van der Waals surface area contributed by atoms with Crippen molar-refractivity contribution in [2.24, 2.45) is 0 Å². The van der Waals surface area contributed by atoms with E-state index in [1.807, 2.05) is 38.1 Å². The topological polar surface area (TPSA) is 60.4 Å². The van der Waals surface area contributed by atoms with Crippen LogP contribution in [0.2, 0.25) is 0 Å². The molecule has 27 heavy (non-hydrogen) atoms. The summed E-state index contributed by atoms with van der Waals surface area (Å²) < 4.78 is 29.0. The molecule has 1 heterocycles. The Morgan fingerprint density at radius 3 is 2.00 bits per heavy atom. The fraction of sp³-hybridized carbons (Fsp3) is 0.227. The van der Waals surface area contributed by atoms with Gasteiger partial charge in [0.1, 0.15) is 5.60 Å². The van der Waals surface area contributed by atoms with Crippen molar-refractivity contribution in [3.05, 3.63) is 65.2 Å². The predicted octanol–water partition coefficient (Wildman–Crippen LogP) is 3.71. The molecule has 0 N–H and O–H groups in total. The zero-order valence-electron chi connectivity index (χ0n) is 15.7. The van der Waals surface area contributed by atoms with Gasteiger partial charge in [-0.3, -0.25) is 0 Å². The molecule has 5 heteroatoms. The second kappa shape index (κ2) is 6.71. The molecule has 0 fully saturated rings. The summed E-state index contributed by atoms with van der Waals surface area (Å²) in [5.74, 6) is 5.43. The van der Waals surface area contributed by atoms with Crippen LogP contribution in [0, 0.1) is 11.8 Å². The molecule has 0 spiro atoms. The van der Waals surface area contributed by atoms with Crippen LogP contribution < -0.4 is 0 Å². The average molecular weight is 380 g/mol. The van der Waals surface area contributed by atoms with Crippen molar-refractivity contribution in [2.75, 3.05) is 6.26 Å². The lowest BCUT2D eigenvalue weighted by Gasteiger charge is -2.21. The smallest absolute Gasteiger partial charge is 0.340 e. The second-order valence-electron chi connectivity index (χ2n) is 6.90. The summed E-state index contributed by atoms with van der Waals surface area (Å²) in [5, 5.41) is 0. The first-order valence-corrected chi connectivity index (χ1v) is 10.3. The van der Waals surface area contributed by atoms with E-state index >= 15 is 0 Å². The lowest BCUT2D eigenvalue weighted by Crippen LogP contribution is -2.22. The Hall–Kier alpha value is -2.84. The number of carbonyl (C=O) groups is 1. The molecule has 2 aromatic rings. The molecule has 2 aromatic carbocycles. The number of ether oxygens (including phenoxy) is 1. The number of rotatable bonds is 3. The molecule has 1 aliphatic rings. The summed E-state index contributed by atoms with van der Waals surface area (Å²) in [6, 6.07) is 14.0. The van der Waals surface area contributed by atoms with E-state index in [0.717, 1.165) is 22.3 Å². The molecule has 4 nitrogen and oxygen atoms in total. The SMILES string of the molecule is CC#Cc1ccc(C2=C(c3ccc(S(C)(=O)=O)cc3)C(C)(C)OC2=O)cc1. The first-order chi connectivity index (χ1) is 12.6. The molecule has 0 aliphatic carbocycles. The van der Waals surface area contributed by atoms with Crippen molar-refractivity contribution in [1.29, 1.82) is 0 Å². The Kier molecular flexibility index (Phi) is 4.71. The average Bonchev–Trinajstić information content (AvgIpc) is 2.84. The number of sulfone groups is 1. The molecule has 0 atom stereocenters. The van der Waals surface area contributed by atoms with Crippen molar-refractivity contribution in [1.82, 2.24) is 0 Å². The maximum absolute atomic E-state index is 12.6. The molecular weight excluding hydrogens is 360 g/mol. The highest BCUT2D eigenvalue weighted by atomic mass is 32.2. The van der Waals surface area contributed by atoms with Crippen LogP contribution in [0.5, 0.6) is 0 Å². The van der Waals surface area contributed by atoms with E-state index in [2.05, 4.69) is 11.8 Å². The molecule has 0 radical (unpaired) electrons. The molecule has 0 aromatic heterocycles. The van der Waals surface area contributed by atoms with E-state index in [-0.39, 0.29) is 4.90 Å². The summed E-state index contributed by atoms with van der Waals surface area (Å²) in [6.45, 7) is 5.43. The fourth-order valence-corrected chi connectivity index (χ4v) is 3.85. The van der Waals surface area contributed by atoms with Crippen LogP contribution in [-0.4, -0.2) is 26.2 Å². The van der Waals surface area contributed by atoms with E-state index in [1.54, 1.807) is 31.2 Å². The number of hydrogen-bond acceptors (Lipinski definition) is 4. The molecule has 1 aliphatic heterocycles. The molecule has 0 bridgehead atoms. The molecule has 138 valence electrons. The van der Waals surface area contributed by atoms with Crippen molar-refractivity contribution in [2.45, 2.75) is 31.3 Å². The van der Waals surface area contributed by atoms with Crippen molar-refractivity contribution < 1.29 is 17.9 Å². The van der Waals surface area contributed by atoms with Gasteiger partial charge in [-0.05, 0) is 56.2 Å². The van der Waals surface area contributed by atoms with Gasteiger partial charge in [0, 0.05) is 17.4 Å². The van der Waals surface area contributed by atoms with Gasteiger partial charge in [0.05, 0.1) is 10.5 Å². The van der Waals surface area contributed by atoms with Gasteiger partial charge < -0.3 is 4.74 Å². The Bertz CT molecular complexity index is 1090. The minimum Gasteiger partial charge on any atom is -0.451 e. The summed E-state index contributed by atoms with van der Waals surface area (Å²) in [4.78, 5) is 12.8.